The zero-order valence-electron chi connectivity index (χ0n) is 18.7. The van der Waals surface area contributed by atoms with Crippen LogP contribution < -0.4 is 0 Å². The van der Waals surface area contributed by atoms with Gasteiger partial charge in [-0.1, -0.05) is 84.9 Å². The van der Waals surface area contributed by atoms with Crippen molar-refractivity contribution in [2.45, 2.75) is 0 Å². The number of nitrogens with zero attached hydrogens (tertiary/aromatic N) is 1. The molecule has 0 amide bonds. The highest BCUT2D eigenvalue weighted by Crippen LogP contribution is 2.45. The van der Waals surface area contributed by atoms with Crippen molar-refractivity contribution in [3.05, 3.63) is 115 Å². The molecule has 0 saturated heterocycles. The first-order valence-electron chi connectivity index (χ1n) is 11.8. The predicted molar refractivity (Wildman–Crippen MR) is 154 cm³/mol. The Labute approximate surface area is 210 Å². The quantitative estimate of drug-likeness (QED) is 0.231. The number of hydrogen-bond acceptors (Lipinski definition) is 2. The Morgan fingerprint density at radius 2 is 1.23 bits per heavy atom. The maximum Gasteiger partial charge on any atom is 0.0727 e. The number of fused-ring (bicyclic) bond motifs is 8. The van der Waals surface area contributed by atoms with Gasteiger partial charge in [-0.2, -0.15) is 0 Å². The Morgan fingerprint density at radius 3 is 2.14 bits per heavy atom. The molecule has 0 unspecified atom stereocenters. The Balaban J connectivity index is 1.42. The fraction of sp³-hybridized carbons (Fsp3) is 0. The second kappa shape index (κ2) is 7.29. The largest absolute Gasteiger partial charge is 0.308 e. The SMILES string of the molecule is c1ccc(-n2c3ccccc3c3sc4cc(-c5cccc6c5sc5ccccc56)ccc4c32)cc1. The molecule has 0 N–H and O–H groups in total. The van der Waals surface area contributed by atoms with Crippen LogP contribution in [0.3, 0.4) is 0 Å². The second-order valence-electron chi connectivity index (χ2n) is 8.96. The summed E-state index contributed by atoms with van der Waals surface area (Å²) in [4.78, 5) is 0. The molecule has 5 aromatic carbocycles. The van der Waals surface area contributed by atoms with Crippen LogP contribution in [0, 0.1) is 0 Å². The molecule has 0 bridgehead atoms. The highest BCUT2D eigenvalue weighted by atomic mass is 32.1. The molecule has 0 aliphatic heterocycles. The lowest BCUT2D eigenvalue weighted by Crippen LogP contribution is -1.92. The van der Waals surface area contributed by atoms with Crippen LogP contribution in [0.5, 0.6) is 0 Å². The molecule has 0 fully saturated rings. The van der Waals surface area contributed by atoms with Crippen molar-refractivity contribution in [3.63, 3.8) is 0 Å². The predicted octanol–water partition coefficient (Wildman–Crippen LogP) is 10.0. The third-order valence-electron chi connectivity index (χ3n) is 7.01. The summed E-state index contributed by atoms with van der Waals surface area (Å²) in [5, 5.41) is 5.33. The maximum atomic E-state index is 2.43. The minimum atomic E-state index is 1.21. The minimum Gasteiger partial charge on any atom is -0.308 e. The number of rotatable bonds is 2. The van der Waals surface area contributed by atoms with Gasteiger partial charge in [0.25, 0.3) is 0 Å². The summed E-state index contributed by atoms with van der Waals surface area (Å²) >= 11 is 3.80. The fourth-order valence-corrected chi connectivity index (χ4v) is 7.96. The van der Waals surface area contributed by atoms with Crippen LogP contribution in [0.15, 0.2) is 115 Å². The van der Waals surface area contributed by atoms with Crippen LogP contribution in [0.25, 0.3) is 68.2 Å². The van der Waals surface area contributed by atoms with Crippen molar-refractivity contribution in [2.75, 3.05) is 0 Å². The fourth-order valence-electron chi connectivity index (χ4n) is 5.46. The smallest absolute Gasteiger partial charge is 0.0727 e. The van der Waals surface area contributed by atoms with E-state index >= 15 is 0 Å². The van der Waals surface area contributed by atoms with Crippen LogP contribution in [0.1, 0.15) is 0 Å². The van der Waals surface area contributed by atoms with Crippen LogP contribution >= 0.6 is 22.7 Å². The van der Waals surface area contributed by atoms with Crippen molar-refractivity contribution < 1.29 is 0 Å². The molecule has 3 heteroatoms. The van der Waals surface area contributed by atoms with Crippen molar-refractivity contribution in [1.82, 2.24) is 4.57 Å². The van der Waals surface area contributed by atoms with Gasteiger partial charge in [0.05, 0.1) is 15.7 Å². The average Bonchev–Trinajstić information content (AvgIpc) is 3.57. The number of thiophene rings is 2. The van der Waals surface area contributed by atoms with E-state index in [1.165, 1.54) is 68.2 Å². The van der Waals surface area contributed by atoms with Gasteiger partial charge >= 0.3 is 0 Å². The van der Waals surface area contributed by atoms with E-state index in [0.717, 1.165) is 0 Å². The van der Waals surface area contributed by atoms with E-state index in [0.29, 0.717) is 0 Å². The van der Waals surface area contributed by atoms with Gasteiger partial charge in [0.1, 0.15) is 0 Å². The molecular formula is C32H19NS2. The molecule has 35 heavy (non-hydrogen) atoms. The molecule has 164 valence electrons. The molecule has 0 saturated carbocycles. The normalized spacial score (nSPS) is 12.0. The van der Waals surface area contributed by atoms with Gasteiger partial charge in [-0.25, -0.2) is 0 Å². The first-order chi connectivity index (χ1) is 17.4. The summed E-state index contributed by atoms with van der Waals surface area (Å²) in [6, 6.07) is 42.0. The molecule has 0 aliphatic rings. The Kier molecular flexibility index (Phi) is 4.04. The number of aromatic nitrogens is 1. The zero-order chi connectivity index (χ0) is 22.9. The van der Waals surface area contributed by atoms with Gasteiger partial charge in [0, 0.05) is 41.3 Å². The summed E-state index contributed by atoms with van der Waals surface area (Å²) in [6.45, 7) is 0. The molecule has 3 aromatic heterocycles. The number of hydrogen-bond donors (Lipinski definition) is 0. The van der Waals surface area contributed by atoms with Crippen LogP contribution in [-0.4, -0.2) is 4.57 Å². The second-order valence-corrected chi connectivity index (χ2v) is 11.1. The van der Waals surface area contributed by atoms with Crippen molar-refractivity contribution in [3.8, 4) is 16.8 Å². The Bertz CT molecular complexity index is 2050. The van der Waals surface area contributed by atoms with Crippen LogP contribution in [0.4, 0.5) is 0 Å². The maximum absolute atomic E-state index is 2.43. The van der Waals surface area contributed by atoms with Gasteiger partial charge in [0.15, 0.2) is 0 Å². The lowest BCUT2D eigenvalue weighted by atomic mass is 10.0. The standard InChI is InChI=1S/C32H19NS2/c1-2-9-21(10-3-1)33-27-15-6-4-12-25(27)32-30(33)26-18-17-20(19-29(26)35-32)22-13-8-14-24-23-11-5-7-16-28(23)34-31(22)24/h1-19H. The van der Waals surface area contributed by atoms with E-state index in [1.54, 1.807) is 0 Å². The molecule has 8 rings (SSSR count). The van der Waals surface area contributed by atoms with E-state index in [-0.39, 0.29) is 0 Å². The monoisotopic (exact) mass is 481 g/mol. The van der Waals surface area contributed by atoms with Gasteiger partial charge in [-0.3, -0.25) is 0 Å². The Morgan fingerprint density at radius 1 is 0.486 bits per heavy atom. The third kappa shape index (κ3) is 2.74. The number of benzene rings is 5. The van der Waals surface area contributed by atoms with Gasteiger partial charge < -0.3 is 4.57 Å². The highest BCUT2D eigenvalue weighted by molar-refractivity contribution is 7.27. The van der Waals surface area contributed by atoms with Crippen molar-refractivity contribution in [1.29, 1.82) is 0 Å². The molecule has 0 atom stereocenters. The first kappa shape index (κ1) is 19.4. The van der Waals surface area contributed by atoms with Gasteiger partial charge in [-0.05, 0) is 41.5 Å². The summed E-state index contributed by atoms with van der Waals surface area (Å²) in [5.41, 5.74) is 6.39. The summed E-state index contributed by atoms with van der Waals surface area (Å²) < 4.78 is 7.84. The first-order valence-corrected chi connectivity index (χ1v) is 13.4. The third-order valence-corrected chi connectivity index (χ3v) is 9.40. The van der Waals surface area contributed by atoms with Gasteiger partial charge in [-0.15, -0.1) is 22.7 Å². The van der Waals surface area contributed by atoms with Crippen LogP contribution in [0.2, 0.25) is 0 Å². The average molecular weight is 482 g/mol. The molecular weight excluding hydrogens is 462 g/mol. The van der Waals surface area contributed by atoms with E-state index < -0.39 is 0 Å². The summed E-state index contributed by atoms with van der Waals surface area (Å²) in [7, 11) is 0. The molecule has 0 radical (unpaired) electrons. The molecule has 0 spiro atoms. The highest BCUT2D eigenvalue weighted by Gasteiger charge is 2.18. The van der Waals surface area contributed by atoms with E-state index in [2.05, 4.69) is 120 Å². The van der Waals surface area contributed by atoms with E-state index in [1.807, 2.05) is 22.7 Å². The van der Waals surface area contributed by atoms with E-state index in [4.69, 9.17) is 0 Å². The molecule has 8 aromatic rings. The lowest BCUT2D eigenvalue weighted by Gasteiger charge is -2.08. The molecule has 0 aliphatic carbocycles. The topological polar surface area (TPSA) is 4.93 Å². The molecule has 3 heterocycles. The van der Waals surface area contributed by atoms with Crippen LogP contribution in [-0.2, 0) is 0 Å². The van der Waals surface area contributed by atoms with Crippen molar-refractivity contribution in [2.24, 2.45) is 0 Å². The summed E-state index contributed by atoms with van der Waals surface area (Å²) in [6.07, 6.45) is 0. The lowest BCUT2D eigenvalue weighted by molar-refractivity contribution is 1.19. The number of para-hydroxylation sites is 2. The van der Waals surface area contributed by atoms with Gasteiger partial charge in [0.2, 0.25) is 0 Å². The molecule has 1 nitrogen and oxygen atoms in total. The Hall–Kier alpha value is -3.92. The summed E-state index contributed by atoms with van der Waals surface area (Å²) in [5.74, 6) is 0. The van der Waals surface area contributed by atoms with Crippen molar-refractivity contribution >= 4 is 74.1 Å². The zero-order valence-corrected chi connectivity index (χ0v) is 20.4. The van der Waals surface area contributed by atoms with E-state index in [9.17, 15) is 0 Å². The minimum absolute atomic E-state index is 1.21.